The normalized spacial score (nSPS) is 15.1. The molecule has 4 rings (SSSR count). The monoisotopic (exact) mass is 412 g/mol. The molecule has 1 aliphatic heterocycles. The van der Waals surface area contributed by atoms with Crippen LogP contribution < -0.4 is 20.9 Å². The molecule has 1 aliphatic rings. The molecule has 1 amide bonds. The van der Waals surface area contributed by atoms with E-state index in [1.54, 1.807) is 7.05 Å². The first-order valence-electron chi connectivity index (χ1n) is 9.29. The first-order chi connectivity index (χ1) is 14.0. The predicted molar refractivity (Wildman–Crippen MR) is 113 cm³/mol. The van der Waals surface area contributed by atoms with Crippen LogP contribution in [-0.4, -0.2) is 52.5 Å². The van der Waals surface area contributed by atoms with Gasteiger partial charge >= 0.3 is 0 Å². The standard InChI is InChI=1S/C19H21ClN8O/c1-11(25-19-24-10-23-18(21-2)27-19)13-8-12-4-3-5-14(20)16(12)26-17(13)28-7-6-22-15(29)9-28/h3-5,8,10-11H,6-7,9H2,1-2H3,(H,22,29)(H2,21,23,24,25,27). The van der Waals surface area contributed by atoms with Crippen LogP contribution in [0.25, 0.3) is 10.9 Å². The number of hydrogen-bond acceptors (Lipinski definition) is 8. The molecule has 0 aliphatic carbocycles. The molecule has 0 saturated carbocycles. The fourth-order valence-corrected chi connectivity index (χ4v) is 3.54. The Morgan fingerprint density at radius 2 is 2.07 bits per heavy atom. The quantitative estimate of drug-likeness (QED) is 0.585. The fraction of sp³-hybridized carbons (Fsp3) is 0.316. The summed E-state index contributed by atoms with van der Waals surface area (Å²) < 4.78 is 0. The molecule has 150 valence electrons. The van der Waals surface area contributed by atoms with Crippen LogP contribution in [0.15, 0.2) is 30.6 Å². The van der Waals surface area contributed by atoms with Crippen molar-refractivity contribution >= 4 is 46.1 Å². The minimum atomic E-state index is -0.169. The number of carbonyl (C=O) groups is 1. The maximum Gasteiger partial charge on any atom is 0.239 e. The Balaban J connectivity index is 1.76. The van der Waals surface area contributed by atoms with Crippen LogP contribution in [0, 0.1) is 0 Å². The Hall–Kier alpha value is -3.20. The van der Waals surface area contributed by atoms with Gasteiger partial charge in [0, 0.05) is 31.1 Å². The molecule has 29 heavy (non-hydrogen) atoms. The van der Waals surface area contributed by atoms with Gasteiger partial charge in [-0.1, -0.05) is 23.7 Å². The molecule has 0 spiro atoms. The number of para-hydroxylation sites is 1. The number of amides is 1. The highest BCUT2D eigenvalue weighted by Gasteiger charge is 2.24. The van der Waals surface area contributed by atoms with Gasteiger partial charge in [-0.25, -0.2) is 15.0 Å². The largest absolute Gasteiger partial charge is 0.357 e. The van der Waals surface area contributed by atoms with E-state index < -0.39 is 0 Å². The van der Waals surface area contributed by atoms with Crippen molar-refractivity contribution in [3.05, 3.63) is 41.2 Å². The summed E-state index contributed by atoms with van der Waals surface area (Å²) in [5.74, 6) is 1.62. The summed E-state index contributed by atoms with van der Waals surface area (Å²) in [6, 6.07) is 7.56. The number of aromatic nitrogens is 4. The zero-order valence-corrected chi connectivity index (χ0v) is 16.9. The molecule has 1 fully saturated rings. The van der Waals surface area contributed by atoms with Gasteiger partial charge in [0.05, 0.1) is 23.1 Å². The van der Waals surface area contributed by atoms with Gasteiger partial charge in [0.25, 0.3) is 0 Å². The lowest BCUT2D eigenvalue weighted by atomic mass is 10.0. The van der Waals surface area contributed by atoms with Gasteiger partial charge < -0.3 is 20.9 Å². The number of hydrogen-bond donors (Lipinski definition) is 3. The highest BCUT2D eigenvalue weighted by molar-refractivity contribution is 6.35. The molecule has 1 unspecified atom stereocenters. The first kappa shape index (κ1) is 19.1. The van der Waals surface area contributed by atoms with Gasteiger partial charge in [0.15, 0.2) is 0 Å². The average Bonchev–Trinajstić information content (AvgIpc) is 2.73. The number of pyridine rings is 1. The molecule has 10 heteroatoms. The number of benzene rings is 1. The summed E-state index contributed by atoms with van der Waals surface area (Å²) in [6.45, 7) is 3.49. The van der Waals surface area contributed by atoms with Gasteiger partial charge in [-0.3, -0.25) is 4.79 Å². The second kappa shape index (κ2) is 8.04. The molecule has 1 saturated heterocycles. The molecular weight excluding hydrogens is 392 g/mol. The molecule has 0 bridgehead atoms. The first-order valence-corrected chi connectivity index (χ1v) is 9.67. The lowest BCUT2D eigenvalue weighted by molar-refractivity contribution is -0.120. The van der Waals surface area contributed by atoms with E-state index in [4.69, 9.17) is 16.6 Å². The van der Waals surface area contributed by atoms with E-state index in [2.05, 4.69) is 30.9 Å². The zero-order valence-electron chi connectivity index (χ0n) is 16.1. The Morgan fingerprint density at radius 3 is 2.86 bits per heavy atom. The van der Waals surface area contributed by atoms with Crippen molar-refractivity contribution in [2.24, 2.45) is 0 Å². The second-order valence-electron chi connectivity index (χ2n) is 6.73. The number of nitrogens with zero attached hydrogens (tertiary/aromatic N) is 5. The van der Waals surface area contributed by atoms with Crippen molar-refractivity contribution in [1.29, 1.82) is 0 Å². The molecule has 3 aromatic rings. The fourth-order valence-electron chi connectivity index (χ4n) is 3.32. The van der Waals surface area contributed by atoms with Crippen molar-refractivity contribution in [1.82, 2.24) is 25.3 Å². The Bertz CT molecular complexity index is 1060. The van der Waals surface area contributed by atoms with Crippen molar-refractivity contribution in [3.8, 4) is 0 Å². The Morgan fingerprint density at radius 1 is 1.24 bits per heavy atom. The van der Waals surface area contributed by atoms with Crippen LogP contribution >= 0.6 is 11.6 Å². The zero-order chi connectivity index (χ0) is 20.4. The van der Waals surface area contributed by atoms with E-state index in [1.807, 2.05) is 36.1 Å². The van der Waals surface area contributed by atoms with Gasteiger partial charge in [-0.05, 0) is 19.1 Å². The van der Waals surface area contributed by atoms with Crippen LogP contribution in [0.1, 0.15) is 18.5 Å². The van der Waals surface area contributed by atoms with E-state index in [0.29, 0.717) is 35.5 Å². The number of halogens is 1. The molecule has 2 aromatic heterocycles. The summed E-state index contributed by atoms with van der Waals surface area (Å²) in [6.07, 6.45) is 1.45. The van der Waals surface area contributed by atoms with Crippen LogP contribution in [0.5, 0.6) is 0 Å². The third-order valence-corrected chi connectivity index (χ3v) is 5.06. The van der Waals surface area contributed by atoms with E-state index in [9.17, 15) is 4.79 Å². The van der Waals surface area contributed by atoms with Gasteiger partial charge in [-0.2, -0.15) is 4.98 Å². The maximum absolute atomic E-state index is 12.0. The third kappa shape index (κ3) is 4.00. The third-order valence-electron chi connectivity index (χ3n) is 4.75. The number of carbonyl (C=O) groups excluding carboxylic acids is 1. The Kier molecular flexibility index (Phi) is 5.30. The lowest BCUT2D eigenvalue weighted by Crippen LogP contribution is -2.48. The SMILES string of the molecule is CNc1ncnc(NC(C)c2cc3cccc(Cl)c3nc2N2CCNC(=O)C2)n1. The maximum atomic E-state index is 12.0. The minimum Gasteiger partial charge on any atom is -0.357 e. The summed E-state index contributed by atoms with van der Waals surface area (Å²) >= 11 is 6.38. The highest BCUT2D eigenvalue weighted by atomic mass is 35.5. The van der Waals surface area contributed by atoms with Crippen molar-refractivity contribution in [2.75, 3.05) is 42.2 Å². The van der Waals surface area contributed by atoms with Crippen molar-refractivity contribution in [2.45, 2.75) is 13.0 Å². The lowest BCUT2D eigenvalue weighted by Gasteiger charge is -2.31. The van der Waals surface area contributed by atoms with Crippen molar-refractivity contribution < 1.29 is 4.79 Å². The van der Waals surface area contributed by atoms with Crippen LogP contribution in [0.2, 0.25) is 5.02 Å². The second-order valence-corrected chi connectivity index (χ2v) is 7.14. The number of nitrogens with one attached hydrogen (secondary N) is 3. The van der Waals surface area contributed by atoms with E-state index in [-0.39, 0.29) is 18.5 Å². The topological polar surface area (TPSA) is 108 Å². The summed E-state index contributed by atoms with van der Waals surface area (Å²) in [5.41, 5.74) is 1.64. The number of piperazine rings is 1. The molecule has 3 N–H and O–H groups in total. The number of anilines is 3. The van der Waals surface area contributed by atoms with Crippen LogP contribution in [0.4, 0.5) is 17.7 Å². The molecule has 1 atom stereocenters. The smallest absolute Gasteiger partial charge is 0.239 e. The molecular formula is C19H21ClN8O. The Labute approximate surface area is 172 Å². The molecule has 3 heterocycles. The minimum absolute atomic E-state index is 0.0278. The summed E-state index contributed by atoms with van der Waals surface area (Å²) in [7, 11) is 1.75. The predicted octanol–water partition coefficient (Wildman–Crippen LogP) is 2.22. The van der Waals surface area contributed by atoms with Gasteiger partial charge in [0.2, 0.25) is 17.8 Å². The van der Waals surface area contributed by atoms with Gasteiger partial charge in [-0.15, -0.1) is 0 Å². The molecule has 1 aromatic carbocycles. The molecule has 9 nitrogen and oxygen atoms in total. The molecule has 0 radical (unpaired) electrons. The van der Waals surface area contributed by atoms with Crippen LogP contribution in [0.3, 0.4) is 0 Å². The van der Waals surface area contributed by atoms with E-state index >= 15 is 0 Å². The number of fused-ring (bicyclic) bond motifs is 1. The number of rotatable bonds is 5. The van der Waals surface area contributed by atoms with Crippen LogP contribution in [-0.2, 0) is 4.79 Å². The van der Waals surface area contributed by atoms with Crippen molar-refractivity contribution in [3.63, 3.8) is 0 Å². The summed E-state index contributed by atoms with van der Waals surface area (Å²) in [5, 5.41) is 10.6. The average molecular weight is 413 g/mol. The van der Waals surface area contributed by atoms with Gasteiger partial charge in [0.1, 0.15) is 12.1 Å². The van der Waals surface area contributed by atoms with E-state index in [1.165, 1.54) is 6.33 Å². The highest BCUT2D eigenvalue weighted by Crippen LogP contribution is 2.32. The van der Waals surface area contributed by atoms with E-state index in [0.717, 1.165) is 16.8 Å². The summed E-state index contributed by atoms with van der Waals surface area (Å²) in [4.78, 5) is 31.3.